The molecule has 2 aromatic carbocycles. The van der Waals surface area contributed by atoms with Gasteiger partial charge in [0.25, 0.3) is 0 Å². The van der Waals surface area contributed by atoms with E-state index < -0.39 is 8.96 Å². The van der Waals surface area contributed by atoms with E-state index in [2.05, 4.69) is 35.0 Å². The zero-order chi connectivity index (χ0) is 15.1. The molecule has 3 nitrogen and oxygen atoms in total. The molecule has 0 aliphatic heterocycles. The van der Waals surface area contributed by atoms with E-state index in [0.717, 1.165) is 18.4 Å². The van der Waals surface area contributed by atoms with Crippen LogP contribution in [0.25, 0.3) is 0 Å². The molecular formula is C17H19N2OSi. The first-order valence-electron chi connectivity index (χ1n) is 6.90. The van der Waals surface area contributed by atoms with Crippen LogP contribution in [0.5, 0.6) is 0 Å². The molecule has 2 rings (SSSR count). The molecular weight excluding hydrogens is 276 g/mol. The largest absolute Gasteiger partial charge is 0.321 e. The summed E-state index contributed by atoms with van der Waals surface area (Å²) in [4.78, 5) is 10.8. The molecule has 0 amide bonds. The van der Waals surface area contributed by atoms with Crippen LogP contribution in [0.1, 0.15) is 21.5 Å². The van der Waals surface area contributed by atoms with Crippen molar-refractivity contribution in [3.63, 3.8) is 0 Å². The van der Waals surface area contributed by atoms with E-state index in [-0.39, 0.29) is 0 Å². The predicted octanol–water partition coefficient (Wildman–Crippen LogP) is 3.59. The predicted molar refractivity (Wildman–Crippen MR) is 88.9 cm³/mol. The fraction of sp³-hybridized carbons (Fsp3) is 0.176. The van der Waals surface area contributed by atoms with Crippen LogP contribution in [-0.4, -0.2) is 26.1 Å². The molecule has 2 aromatic rings. The number of hydrazone groups is 1. The number of aldehydes is 1. The highest BCUT2D eigenvalue weighted by atomic mass is 28.3. The Bertz CT molecular complexity index is 611. The van der Waals surface area contributed by atoms with Crippen LogP contribution in [0.2, 0.25) is 13.1 Å². The number of nitrogens with zero attached hydrogens (tertiary/aromatic N) is 2. The normalized spacial score (nSPS) is 11.0. The van der Waals surface area contributed by atoms with Gasteiger partial charge in [-0.2, -0.15) is 5.10 Å². The average Bonchev–Trinajstić information content (AvgIpc) is 2.52. The van der Waals surface area contributed by atoms with Crippen LogP contribution in [0.3, 0.4) is 0 Å². The molecule has 0 bridgehead atoms. The molecule has 0 atom stereocenters. The Labute approximate surface area is 127 Å². The molecule has 0 saturated heterocycles. The first-order valence-corrected chi connectivity index (χ1v) is 9.34. The zero-order valence-corrected chi connectivity index (χ0v) is 13.4. The summed E-state index contributed by atoms with van der Waals surface area (Å²) in [5.41, 5.74) is 2.87. The maximum Gasteiger partial charge on any atom is 0.187 e. The minimum atomic E-state index is -0.690. The van der Waals surface area contributed by atoms with Crippen molar-refractivity contribution in [1.29, 1.82) is 0 Å². The molecule has 0 unspecified atom stereocenters. The van der Waals surface area contributed by atoms with Gasteiger partial charge in [0.05, 0.1) is 12.8 Å². The van der Waals surface area contributed by atoms with E-state index in [0.29, 0.717) is 5.56 Å². The lowest BCUT2D eigenvalue weighted by Gasteiger charge is -2.22. The fourth-order valence-electron chi connectivity index (χ4n) is 1.92. The summed E-state index contributed by atoms with van der Waals surface area (Å²) < 4.78 is 2.13. The van der Waals surface area contributed by atoms with Crippen LogP contribution < -0.4 is 0 Å². The maximum atomic E-state index is 10.8. The number of benzene rings is 2. The topological polar surface area (TPSA) is 32.7 Å². The van der Waals surface area contributed by atoms with Gasteiger partial charge in [0.15, 0.2) is 8.96 Å². The van der Waals surface area contributed by atoms with E-state index in [1.807, 2.05) is 42.6 Å². The third-order valence-corrected chi connectivity index (χ3v) is 4.39. The van der Waals surface area contributed by atoms with Crippen LogP contribution in [0.15, 0.2) is 59.7 Å². The summed E-state index contributed by atoms with van der Waals surface area (Å²) in [6, 6.07) is 17.8. The van der Waals surface area contributed by atoms with Crippen LogP contribution in [-0.2, 0) is 6.54 Å². The molecule has 0 saturated carbocycles. The summed E-state index contributed by atoms with van der Waals surface area (Å²) in [7, 11) is -0.690. The maximum absolute atomic E-state index is 10.8. The van der Waals surface area contributed by atoms with E-state index in [1.54, 1.807) is 6.07 Å². The molecule has 0 aliphatic rings. The van der Waals surface area contributed by atoms with Crippen LogP contribution in [0, 0.1) is 0 Å². The molecule has 0 N–H and O–H groups in total. The van der Waals surface area contributed by atoms with Gasteiger partial charge in [-0.05, 0) is 17.2 Å². The monoisotopic (exact) mass is 295 g/mol. The van der Waals surface area contributed by atoms with Gasteiger partial charge in [-0.25, -0.2) is 0 Å². The molecule has 0 spiro atoms. The van der Waals surface area contributed by atoms with Gasteiger partial charge in [0.1, 0.15) is 6.29 Å². The third kappa shape index (κ3) is 4.68. The number of carbonyl (C=O) groups is 1. The Hall–Kier alpha value is -2.20. The summed E-state index contributed by atoms with van der Waals surface area (Å²) in [6.45, 7) is 5.24. The second kappa shape index (κ2) is 7.55. The van der Waals surface area contributed by atoms with Crippen molar-refractivity contribution >= 4 is 21.5 Å². The Morgan fingerprint density at radius 2 is 1.76 bits per heavy atom. The van der Waals surface area contributed by atoms with Gasteiger partial charge >= 0.3 is 0 Å². The molecule has 0 fully saturated rings. The van der Waals surface area contributed by atoms with Gasteiger partial charge in [0.2, 0.25) is 0 Å². The van der Waals surface area contributed by atoms with Crippen molar-refractivity contribution in [2.75, 3.05) is 0 Å². The van der Waals surface area contributed by atoms with Gasteiger partial charge in [-0.15, -0.1) is 0 Å². The van der Waals surface area contributed by atoms with Gasteiger partial charge in [-0.3, -0.25) is 4.79 Å². The molecule has 0 heterocycles. The molecule has 21 heavy (non-hydrogen) atoms. The highest BCUT2D eigenvalue weighted by Gasteiger charge is 2.08. The Balaban J connectivity index is 2.12. The van der Waals surface area contributed by atoms with Crippen LogP contribution in [0.4, 0.5) is 0 Å². The molecule has 0 aromatic heterocycles. The summed E-state index contributed by atoms with van der Waals surface area (Å²) >= 11 is 0. The van der Waals surface area contributed by atoms with Gasteiger partial charge in [-0.1, -0.05) is 61.6 Å². The summed E-state index contributed by atoms with van der Waals surface area (Å²) in [5.74, 6) is 0. The zero-order valence-electron chi connectivity index (χ0n) is 12.4. The van der Waals surface area contributed by atoms with Gasteiger partial charge in [0, 0.05) is 5.56 Å². The van der Waals surface area contributed by atoms with Crippen molar-refractivity contribution in [3.8, 4) is 0 Å². The van der Waals surface area contributed by atoms with Crippen molar-refractivity contribution < 1.29 is 4.79 Å². The minimum Gasteiger partial charge on any atom is -0.321 e. The van der Waals surface area contributed by atoms with Crippen molar-refractivity contribution in [1.82, 2.24) is 4.67 Å². The van der Waals surface area contributed by atoms with Crippen molar-refractivity contribution in [2.45, 2.75) is 19.6 Å². The standard InChI is InChI=1S/C17H19N2OSi/c1-21(2)19(13-15-7-4-3-5-8-15)18-12-16-9-6-10-17(11-16)14-20/h3-12,14H,13H2,1-2H3. The quantitative estimate of drug-likeness (QED) is 0.353. The lowest BCUT2D eigenvalue weighted by Crippen LogP contribution is -2.29. The summed E-state index contributed by atoms with van der Waals surface area (Å²) in [5, 5.41) is 4.60. The van der Waals surface area contributed by atoms with E-state index in [1.165, 1.54) is 5.56 Å². The van der Waals surface area contributed by atoms with Crippen LogP contribution >= 0.6 is 0 Å². The first kappa shape index (κ1) is 15.2. The minimum absolute atomic E-state index is 0.673. The second-order valence-corrected chi connectivity index (χ2v) is 7.43. The molecule has 4 heteroatoms. The molecule has 0 aliphatic carbocycles. The van der Waals surface area contributed by atoms with E-state index in [4.69, 9.17) is 0 Å². The SMILES string of the molecule is C[Si](C)N(Cc1ccccc1)N=Cc1cccc(C=O)c1. The summed E-state index contributed by atoms with van der Waals surface area (Å²) in [6.07, 6.45) is 2.68. The molecule has 1 radical (unpaired) electrons. The lowest BCUT2D eigenvalue weighted by atomic mass is 10.1. The Kier molecular flexibility index (Phi) is 5.46. The molecule has 107 valence electrons. The van der Waals surface area contributed by atoms with Gasteiger partial charge < -0.3 is 4.67 Å². The van der Waals surface area contributed by atoms with Crippen molar-refractivity contribution in [3.05, 3.63) is 71.3 Å². The number of rotatable bonds is 6. The van der Waals surface area contributed by atoms with Crippen molar-refractivity contribution in [2.24, 2.45) is 5.10 Å². The Morgan fingerprint density at radius 3 is 2.43 bits per heavy atom. The number of hydrogen-bond donors (Lipinski definition) is 0. The highest BCUT2D eigenvalue weighted by Crippen LogP contribution is 2.08. The Morgan fingerprint density at radius 1 is 1.05 bits per heavy atom. The smallest absolute Gasteiger partial charge is 0.187 e. The van der Waals surface area contributed by atoms with E-state index >= 15 is 0 Å². The second-order valence-electron chi connectivity index (χ2n) is 5.02. The number of hydrogen-bond acceptors (Lipinski definition) is 3. The first-order chi connectivity index (χ1) is 10.2. The highest BCUT2D eigenvalue weighted by molar-refractivity contribution is 6.52. The lowest BCUT2D eigenvalue weighted by molar-refractivity contribution is 0.112. The average molecular weight is 295 g/mol. The van der Waals surface area contributed by atoms with E-state index in [9.17, 15) is 4.79 Å². The number of carbonyl (C=O) groups excluding carboxylic acids is 1. The fourth-order valence-corrected chi connectivity index (χ4v) is 2.71. The third-order valence-electron chi connectivity index (χ3n) is 3.08.